The maximum Gasteiger partial charge on any atom is 0.279 e. The molecule has 0 spiro atoms. The number of nitrogens with one attached hydrogen (secondary N) is 1. The Labute approximate surface area is 51.5 Å². The second-order valence-electron chi connectivity index (χ2n) is 1.62. The minimum atomic E-state index is -0.0240. The lowest BCUT2D eigenvalue weighted by atomic mass is 10.4. The summed E-state index contributed by atoms with van der Waals surface area (Å²) < 4.78 is 0. The molecule has 0 aromatic carbocycles. The molecule has 0 aromatic rings. The molecule has 1 heterocycles. The summed E-state index contributed by atoms with van der Waals surface area (Å²) in [4.78, 5) is 10.4. The number of hydrogen-bond donors (Lipinski definition) is 2. The Kier molecular flexibility index (Phi) is 1.75. The molecule has 1 unspecified atom stereocenters. The molecule has 0 saturated carbocycles. The largest absolute Gasteiger partial charge is 0.394 e. The summed E-state index contributed by atoms with van der Waals surface area (Å²) in [5, 5.41) is 11.0. The van der Waals surface area contributed by atoms with Crippen LogP contribution in [0.2, 0.25) is 0 Å². The van der Waals surface area contributed by atoms with Gasteiger partial charge in [0.25, 0.3) is 5.24 Å². The van der Waals surface area contributed by atoms with Crippen LogP contribution < -0.4 is 5.32 Å². The summed E-state index contributed by atoms with van der Waals surface area (Å²) in [6.07, 6.45) is 0. The van der Waals surface area contributed by atoms with E-state index in [1.54, 1.807) is 0 Å². The second kappa shape index (κ2) is 2.37. The summed E-state index contributed by atoms with van der Waals surface area (Å²) in [5.41, 5.74) is 0. The van der Waals surface area contributed by atoms with Crippen molar-refractivity contribution < 1.29 is 9.90 Å². The first-order valence-corrected chi connectivity index (χ1v) is 3.35. The molecular formula is C4H7NO2S. The van der Waals surface area contributed by atoms with Crippen molar-refractivity contribution in [2.75, 3.05) is 12.4 Å². The van der Waals surface area contributed by atoms with Crippen molar-refractivity contribution >= 4 is 17.0 Å². The average Bonchev–Trinajstić information content (AvgIpc) is 2.14. The zero-order valence-electron chi connectivity index (χ0n) is 4.26. The van der Waals surface area contributed by atoms with Gasteiger partial charge in [0.1, 0.15) is 0 Å². The van der Waals surface area contributed by atoms with Gasteiger partial charge in [0.05, 0.1) is 12.6 Å². The molecule has 1 amide bonds. The van der Waals surface area contributed by atoms with Gasteiger partial charge in [0, 0.05) is 5.75 Å². The number of rotatable bonds is 1. The zero-order valence-corrected chi connectivity index (χ0v) is 5.07. The Morgan fingerprint density at radius 2 is 2.75 bits per heavy atom. The van der Waals surface area contributed by atoms with E-state index in [1.165, 1.54) is 11.8 Å². The molecule has 1 atom stereocenters. The summed E-state index contributed by atoms with van der Waals surface area (Å²) in [5.74, 6) is 0.704. The molecular weight excluding hydrogens is 126 g/mol. The number of aliphatic hydroxyl groups is 1. The van der Waals surface area contributed by atoms with Crippen LogP contribution in [0, 0.1) is 0 Å². The van der Waals surface area contributed by atoms with Gasteiger partial charge in [-0.25, -0.2) is 0 Å². The number of hydrogen-bond acceptors (Lipinski definition) is 3. The maximum absolute atomic E-state index is 10.4. The third kappa shape index (κ3) is 1.14. The molecule has 1 saturated heterocycles. The fourth-order valence-electron chi connectivity index (χ4n) is 0.525. The van der Waals surface area contributed by atoms with Crippen LogP contribution >= 0.6 is 11.8 Å². The highest BCUT2D eigenvalue weighted by Crippen LogP contribution is 2.11. The van der Waals surface area contributed by atoms with Gasteiger partial charge in [0.2, 0.25) is 0 Å². The first kappa shape index (κ1) is 5.91. The van der Waals surface area contributed by atoms with Gasteiger partial charge >= 0.3 is 0 Å². The minimum Gasteiger partial charge on any atom is -0.394 e. The minimum absolute atomic E-state index is 0.00694. The van der Waals surface area contributed by atoms with Gasteiger partial charge in [-0.05, 0) is 0 Å². The Morgan fingerprint density at radius 1 is 2.00 bits per heavy atom. The molecule has 1 aliphatic heterocycles. The summed E-state index contributed by atoms with van der Waals surface area (Å²) in [6.45, 7) is 0.0543. The normalized spacial score (nSPS) is 28.1. The van der Waals surface area contributed by atoms with E-state index in [2.05, 4.69) is 5.32 Å². The summed E-state index contributed by atoms with van der Waals surface area (Å²) in [7, 11) is 0. The van der Waals surface area contributed by atoms with E-state index >= 15 is 0 Å². The van der Waals surface area contributed by atoms with Crippen LogP contribution in [0.1, 0.15) is 0 Å². The fourth-order valence-corrected chi connectivity index (χ4v) is 1.32. The molecule has 1 rings (SSSR count). The molecule has 0 aromatic heterocycles. The van der Waals surface area contributed by atoms with Crippen molar-refractivity contribution in [3.63, 3.8) is 0 Å². The molecule has 0 aliphatic carbocycles. The van der Waals surface area contributed by atoms with E-state index in [0.29, 0.717) is 5.75 Å². The smallest absolute Gasteiger partial charge is 0.279 e. The lowest BCUT2D eigenvalue weighted by Crippen LogP contribution is -2.29. The van der Waals surface area contributed by atoms with Crippen molar-refractivity contribution in [3.05, 3.63) is 0 Å². The Morgan fingerprint density at radius 3 is 3.00 bits per heavy atom. The predicted molar refractivity (Wildman–Crippen MR) is 31.9 cm³/mol. The van der Waals surface area contributed by atoms with E-state index in [9.17, 15) is 4.79 Å². The van der Waals surface area contributed by atoms with Gasteiger partial charge in [-0.2, -0.15) is 0 Å². The summed E-state index contributed by atoms with van der Waals surface area (Å²) in [6, 6.07) is -0.00694. The van der Waals surface area contributed by atoms with Gasteiger partial charge in [-0.3, -0.25) is 4.79 Å². The molecule has 0 bridgehead atoms. The van der Waals surface area contributed by atoms with Gasteiger partial charge in [0.15, 0.2) is 0 Å². The van der Waals surface area contributed by atoms with Crippen molar-refractivity contribution in [1.82, 2.24) is 5.32 Å². The van der Waals surface area contributed by atoms with Crippen LogP contribution in [0.15, 0.2) is 0 Å². The third-order valence-electron chi connectivity index (χ3n) is 0.958. The van der Waals surface area contributed by atoms with Gasteiger partial charge in [-0.1, -0.05) is 11.8 Å². The Bertz CT molecular complexity index is 106. The van der Waals surface area contributed by atoms with E-state index in [-0.39, 0.29) is 17.9 Å². The Balaban J connectivity index is 2.32. The second-order valence-corrected chi connectivity index (χ2v) is 2.62. The van der Waals surface area contributed by atoms with Crippen LogP contribution in [0.5, 0.6) is 0 Å². The predicted octanol–water partition coefficient (Wildman–Crippen LogP) is -0.196. The molecule has 0 radical (unpaired) electrons. The van der Waals surface area contributed by atoms with Crippen molar-refractivity contribution in [3.8, 4) is 0 Å². The highest BCUT2D eigenvalue weighted by atomic mass is 32.2. The van der Waals surface area contributed by atoms with Crippen LogP contribution in [0.3, 0.4) is 0 Å². The number of carbonyl (C=O) groups excluding carboxylic acids is 1. The molecule has 2 N–H and O–H groups in total. The molecule has 46 valence electrons. The van der Waals surface area contributed by atoms with Crippen LogP contribution in [-0.2, 0) is 0 Å². The third-order valence-corrected chi connectivity index (χ3v) is 1.91. The first-order valence-electron chi connectivity index (χ1n) is 2.37. The van der Waals surface area contributed by atoms with Crippen molar-refractivity contribution in [2.24, 2.45) is 0 Å². The van der Waals surface area contributed by atoms with Crippen LogP contribution in [-0.4, -0.2) is 28.7 Å². The lowest BCUT2D eigenvalue weighted by molar-refractivity contribution is 0.241. The first-order chi connectivity index (χ1) is 3.83. The van der Waals surface area contributed by atoms with Gasteiger partial charge < -0.3 is 10.4 Å². The monoisotopic (exact) mass is 133 g/mol. The van der Waals surface area contributed by atoms with Crippen molar-refractivity contribution in [2.45, 2.75) is 6.04 Å². The summed E-state index contributed by atoms with van der Waals surface area (Å²) >= 11 is 1.22. The Hall–Kier alpha value is -0.220. The zero-order chi connectivity index (χ0) is 5.98. The topological polar surface area (TPSA) is 49.3 Å². The molecule has 1 fully saturated rings. The molecule has 8 heavy (non-hydrogen) atoms. The van der Waals surface area contributed by atoms with Crippen molar-refractivity contribution in [1.29, 1.82) is 0 Å². The number of thioether (sulfide) groups is 1. The van der Waals surface area contributed by atoms with Gasteiger partial charge in [-0.15, -0.1) is 0 Å². The van der Waals surface area contributed by atoms with Crippen LogP contribution in [0.25, 0.3) is 0 Å². The van der Waals surface area contributed by atoms with E-state index in [0.717, 1.165) is 0 Å². The average molecular weight is 133 g/mol. The number of carbonyl (C=O) groups is 1. The molecule has 1 aliphatic rings. The highest BCUT2D eigenvalue weighted by Gasteiger charge is 2.19. The quantitative estimate of drug-likeness (QED) is 0.521. The lowest BCUT2D eigenvalue weighted by Gasteiger charge is -2.00. The highest BCUT2D eigenvalue weighted by molar-refractivity contribution is 8.13. The number of aliphatic hydroxyl groups excluding tert-OH is 1. The molecule has 3 nitrogen and oxygen atoms in total. The van der Waals surface area contributed by atoms with E-state index in [4.69, 9.17) is 5.11 Å². The fraction of sp³-hybridized carbons (Fsp3) is 0.750. The standard InChI is InChI=1S/C4H7NO2S/c6-1-3-2-8-4(7)5-3/h3,6H,1-2H2,(H,5,7). The maximum atomic E-state index is 10.4. The van der Waals surface area contributed by atoms with Crippen LogP contribution in [0.4, 0.5) is 4.79 Å². The molecule has 4 heteroatoms. The van der Waals surface area contributed by atoms with E-state index < -0.39 is 0 Å². The van der Waals surface area contributed by atoms with E-state index in [1.807, 2.05) is 0 Å². The number of amides is 1. The SMILES string of the molecule is O=C1NC(CO)CS1.